The van der Waals surface area contributed by atoms with E-state index in [0.717, 1.165) is 10.7 Å². The van der Waals surface area contributed by atoms with Gasteiger partial charge < -0.3 is 0 Å². The molecule has 0 fully saturated rings. The van der Waals surface area contributed by atoms with Gasteiger partial charge in [-0.2, -0.15) is 0 Å². The molecule has 1 N–H and O–H groups in total. The molecule has 0 aliphatic heterocycles. The van der Waals surface area contributed by atoms with Crippen LogP contribution < -0.4 is 4.72 Å². The summed E-state index contributed by atoms with van der Waals surface area (Å²) >= 11 is 3.20. The molecular weight excluding hydrogens is 330 g/mol. The molecule has 0 aliphatic carbocycles. The highest BCUT2D eigenvalue weighted by molar-refractivity contribution is 9.10. The van der Waals surface area contributed by atoms with Crippen molar-refractivity contribution in [2.45, 2.75) is 4.90 Å². The minimum atomic E-state index is -3.63. The van der Waals surface area contributed by atoms with Crippen molar-refractivity contribution in [1.82, 2.24) is 4.72 Å². The maximum absolute atomic E-state index is 11.7. The Morgan fingerprint density at radius 2 is 1.65 bits per heavy atom. The van der Waals surface area contributed by atoms with Crippen LogP contribution in [0.2, 0.25) is 0 Å². The molecule has 17 heavy (non-hydrogen) atoms. The number of rotatable bonds is 5. The number of benzene rings is 1. The summed E-state index contributed by atoms with van der Waals surface area (Å²) in [5.41, 5.74) is 0. The average Bonchev–Trinajstić information content (AvgIpc) is 2.15. The molecule has 0 aliphatic rings. The van der Waals surface area contributed by atoms with Crippen LogP contribution in [0.15, 0.2) is 33.6 Å². The fraction of sp³-hybridized carbons (Fsp3) is 0.333. The topological polar surface area (TPSA) is 80.3 Å². The molecule has 0 heterocycles. The van der Waals surface area contributed by atoms with Crippen molar-refractivity contribution >= 4 is 35.8 Å². The van der Waals surface area contributed by atoms with Gasteiger partial charge in [-0.3, -0.25) is 0 Å². The van der Waals surface area contributed by atoms with E-state index in [1.165, 1.54) is 12.1 Å². The van der Waals surface area contributed by atoms with Crippen LogP contribution in [0.3, 0.4) is 0 Å². The Morgan fingerprint density at radius 3 is 2.12 bits per heavy atom. The quantitative estimate of drug-likeness (QED) is 0.857. The van der Waals surface area contributed by atoms with Crippen LogP contribution in [-0.2, 0) is 19.9 Å². The molecule has 1 rings (SSSR count). The first-order valence-electron chi connectivity index (χ1n) is 4.64. The van der Waals surface area contributed by atoms with Crippen molar-refractivity contribution < 1.29 is 16.8 Å². The van der Waals surface area contributed by atoms with Crippen molar-refractivity contribution in [3.8, 4) is 0 Å². The van der Waals surface area contributed by atoms with Gasteiger partial charge in [0.25, 0.3) is 0 Å². The van der Waals surface area contributed by atoms with Gasteiger partial charge in [0, 0.05) is 17.3 Å². The van der Waals surface area contributed by atoms with Gasteiger partial charge >= 0.3 is 0 Å². The van der Waals surface area contributed by atoms with E-state index in [1.54, 1.807) is 12.1 Å². The fourth-order valence-electron chi connectivity index (χ4n) is 1.06. The first kappa shape index (κ1) is 14.6. The Hall–Kier alpha value is -0.440. The van der Waals surface area contributed by atoms with Crippen molar-refractivity contribution in [2.75, 3.05) is 18.6 Å². The SMILES string of the molecule is CS(=O)(=O)CCNS(=O)(=O)c1ccc(Br)cc1. The number of sulfone groups is 1. The first-order chi connectivity index (χ1) is 7.71. The molecule has 0 radical (unpaired) electrons. The van der Waals surface area contributed by atoms with Gasteiger partial charge in [0.1, 0.15) is 9.84 Å². The smallest absolute Gasteiger partial charge is 0.229 e. The second-order valence-corrected chi connectivity index (χ2v) is 8.42. The molecule has 0 saturated heterocycles. The van der Waals surface area contributed by atoms with Gasteiger partial charge in [-0.1, -0.05) is 15.9 Å². The van der Waals surface area contributed by atoms with Gasteiger partial charge in [0.05, 0.1) is 10.6 Å². The van der Waals surface area contributed by atoms with Crippen molar-refractivity contribution in [2.24, 2.45) is 0 Å². The average molecular weight is 342 g/mol. The third kappa shape index (κ3) is 5.15. The standard InChI is InChI=1S/C9H12BrNO4S2/c1-16(12,13)7-6-11-17(14,15)9-4-2-8(10)3-5-9/h2-5,11H,6-7H2,1H3. The second-order valence-electron chi connectivity index (χ2n) is 3.48. The highest BCUT2D eigenvalue weighted by atomic mass is 79.9. The Labute approximate surface area is 109 Å². The maximum Gasteiger partial charge on any atom is 0.240 e. The summed E-state index contributed by atoms with van der Waals surface area (Å²) < 4.78 is 48.1. The highest BCUT2D eigenvalue weighted by Gasteiger charge is 2.14. The molecule has 96 valence electrons. The van der Waals surface area contributed by atoms with Crippen molar-refractivity contribution in [1.29, 1.82) is 0 Å². The monoisotopic (exact) mass is 341 g/mol. The van der Waals surface area contributed by atoms with E-state index < -0.39 is 19.9 Å². The molecule has 0 atom stereocenters. The predicted molar refractivity (Wildman–Crippen MR) is 69.0 cm³/mol. The summed E-state index contributed by atoms with van der Waals surface area (Å²) in [4.78, 5) is 0.106. The van der Waals surface area contributed by atoms with Gasteiger partial charge in [0.2, 0.25) is 10.0 Å². The minimum absolute atomic E-state index is 0.106. The largest absolute Gasteiger partial charge is 0.240 e. The van der Waals surface area contributed by atoms with E-state index in [0.29, 0.717) is 0 Å². The summed E-state index contributed by atoms with van der Waals surface area (Å²) in [5.74, 6) is -0.219. The predicted octanol–water partition coefficient (Wildman–Crippen LogP) is 0.772. The molecule has 0 aromatic heterocycles. The lowest BCUT2D eigenvalue weighted by molar-refractivity contribution is 0.582. The van der Waals surface area contributed by atoms with E-state index in [2.05, 4.69) is 20.7 Å². The lowest BCUT2D eigenvalue weighted by Crippen LogP contribution is -2.28. The van der Waals surface area contributed by atoms with E-state index >= 15 is 0 Å². The number of hydrogen-bond acceptors (Lipinski definition) is 4. The van der Waals surface area contributed by atoms with E-state index in [4.69, 9.17) is 0 Å². The summed E-state index contributed by atoms with van der Waals surface area (Å²) in [7, 11) is -6.80. The van der Waals surface area contributed by atoms with Crippen LogP contribution >= 0.6 is 15.9 Å². The first-order valence-corrected chi connectivity index (χ1v) is 8.97. The number of nitrogens with one attached hydrogen (secondary N) is 1. The molecular formula is C9H12BrNO4S2. The summed E-state index contributed by atoms with van der Waals surface area (Å²) in [5, 5.41) is 0. The van der Waals surface area contributed by atoms with Crippen LogP contribution in [0.4, 0.5) is 0 Å². The van der Waals surface area contributed by atoms with Crippen LogP contribution in [0.1, 0.15) is 0 Å². The Kier molecular flexibility index (Phi) is 4.70. The van der Waals surface area contributed by atoms with Gasteiger partial charge in [-0.15, -0.1) is 0 Å². The van der Waals surface area contributed by atoms with E-state index in [-0.39, 0.29) is 17.2 Å². The summed E-state index contributed by atoms with van der Waals surface area (Å²) in [6.45, 7) is -0.128. The highest BCUT2D eigenvalue weighted by Crippen LogP contribution is 2.14. The Bertz CT molecular complexity index is 578. The molecule has 1 aromatic rings. The normalized spacial score (nSPS) is 12.6. The van der Waals surface area contributed by atoms with Gasteiger partial charge in [-0.25, -0.2) is 21.6 Å². The van der Waals surface area contributed by atoms with Gasteiger partial charge in [0.15, 0.2) is 0 Å². The zero-order chi connectivity index (χ0) is 13.1. The van der Waals surface area contributed by atoms with E-state index in [1.807, 2.05) is 0 Å². The summed E-state index contributed by atoms with van der Waals surface area (Å²) in [6, 6.07) is 6.08. The van der Waals surface area contributed by atoms with Crippen molar-refractivity contribution in [3.05, 3.63) is 28.7 Å². The lowest BCUT2D eigenvalue weighted by Gasteiger charge is -2.05. The molecule has 5 nitrogen and oxygen atoms in total. The van der Waals surface area contributed by atoms with Crippen LogP contribution in [0.5, 0.6) is 0 Å². The zero-order valence-corrected chi connectivity index (χ0v) is 12.3. The van der Waals surface area contributed by atoms with E-state index in [9.17, 15) is 16.8 Å². The maximum atomic E-state index is 11.7. The third-order valence-corrected chi connectivity index (χ3v) is 4.84. The molecule has 0 bridgehead atoms. The summed E-state index contributed by atoms with van der Waals surface area (Å²) in [6.07, 6.45) is 1.06. The number of halogens is 1. The van der Waals surface area contributed by atoms with Crippen LogP contribution in [-0.4, -0.2) is 35.4 Å². The number of sulfonamides is 1. The molecule has 0 saturated carbocycles. The second kappa shape index (κ2) is 5.47. The van der Waals surface area contributed by atoms with Crippen LogP contribution in [0, 0.1) is 0 Å². The Balaban J connectivity index is 2.73. The molecule has 8 heteroatoms. The molecule has 1 aromatic carbocycles. The van der Waals surface area contributed by atoms with Crippen LogP contribution in [0.25, 0.3) is 0 Å². The lowest BCUT2D eigenvalue weighted by atomic mass is 10.4. The third-order valence-electron chi connectivity index (χ3n) is 1.89. The van der Waals surface area contributed by atoms with Gasteiger partial charge in [-0.05, 0) is 24.3 Å². The molecule has 0 unspecified atom stereocenters. The zero-order valence-electron chi connectivity index (χ0n) is 9.05. The number of hydrogen-bond donors (Lipinski definition) is 1. The molecule has 0 amide bonds. The minimum Gasteiger partial charge on any atom is -0.229 e. The molecule has 0 spiro atoms. The van der Waals surface area contributed by atoms with Crippen molar-refractivity contribution in [3.63, 3.8) is 0 Å². The Morgan fingerprint density at radius 1 is 1.12 bits per heavy atom. The fourth-order valence-corrected chi connectivity index (χ4v) is 2.96.